The lowest BCUT2D eigenvalue weighted by atomic mass is 10.2. The summed E-state index contributed by atoms with van der Waals surface area (Å²) in [7, 11) is 0. The van der Waals surface area contributed by atoms with Crippen LogP contribution in [0.25, 0.3) is 0 Å². The van der Waals surface area contributed by atoms with Crippen LogP contribution in [-0.2, 0) is 16.1 Å². The molecule has 0 aromatic carbocycles. The second kappa shape index (κ2) is 6.76. The van der Waals surface area contributed by atoms with Crippen molar-refractivity contribution in [2.24, 2.45) is 0 Å². The van der Waals surface area contributed by atoms with Crippen molar-refractivity contribution in [1.82, 2.24) is 4.90 Å². The van der Waals surface area contributed by atoms with E-state index in [0.29, 0.717) is 13.1 Å². The van der Waals surface area contributed by atoms with Gasteiger partial charge in [0.15, 0.2) is 0 Å². The Hall–Kier alpha value is -0.880. The first-order valence-corrected chi connectivity index (χ1v) is 6.87. The highest BCUT2D eigenvalue weighted by Gasteiger charge is 2.14. The molecule has 1 heterocycles. The minimum Gasteiger partial charge on any atom is -0.481 e. The Bertz CT molecular complexity index is 405. The van der Waals surface area contributed by atoms with Gasteiger partial charge in [0.1, 0.15) is 0 Å². The van der Waals surface area contributed by atoms with E-state index in [9.17, 15) is 9.59 Å². The van der Waals surface area contributed by atoms with Crippen LogP contribution in [0.1, 0.15) is 24.6 Å². The van der Waals surface area contributed by atoms with Crippen molar-refractivity contribution in [2.75, 3.05) is 6.54 Å². The lowest BCUT2D eigenvalue weighted by Gasteiger charge is -2.19. The normalized spacial score (nSPS) is 10.2. The minimum atomic E-state index is -0.937. The van der Waals surface area contributed by atoms with E-state index in [1.807, 2.05) is 19.1 Å². The highest BCUT2D eigenvalue weighted by molar-refractivity contribution is 9.11. The van der Waals surface area contributed by atoms with Gasteiger partial charge in [-0.3, -0.25) is 9.59 Å². The molecule has 1 rings (SSSR count). The Morgan fingerprint density at radius 2 is 2.12 bits per heavy atom. The average Bonchev–Trinajstić information content (AvgIpc) is 2.68. The fourth-order valence-corrected chi connectivity index (χ4v) is 2.87. The third kappa shape index (κ3) is 4.87. The fraction of sp³-hybridized carbons (Fsp3) is 0.455. The number of aliphatic carboxylic acids is 1. The molecule has 0 fully saturated rings. The van der Waals surface area contributed by atoms with Gasteiger partial charge in [-0.1, -0.05) is 0 Å². The summed E-state index contributed by atoms with van der Waals surface area (Å²) in [4.78, 5) is 24.9. The molecule has 1 N–H and O–H groups in total. The standard InChI is InChI=1S/C11H14BrNO3S/c1-2-13(10(14)5-6-11(15)16)7-8-3-4-9(12)17-8/h3-4H,2,5-7H2,1H3,(H,15,16). The Kier molecular flexibility index (Phi) is 5.64. The van der Waals surface area contributed by atoms with Crippen LogP contribution in [0.2, 0.25) is 0 Å². The van der Waals surface area contributed by atoms with Crippen LogP contribution in [0.15, 0.2) is 15.9 Å². The van der Waals surface area contributed by atoms with Gasteiger partial charge in [0, 0.05) is 17.8 Å². The summed E-state index contributed by atoms with van der Waals surface area (Å²) in [5, 5.41) is 8.54. The largest absolute Gasteiger partial charge is 0.481 e. The number of carboxylic acids is 1. The molecule has 4 nitrogen and oxygen atoms in total. The molecule has 6 heteroatoms. The molecular weight excluding hydrogens is 306 g/mol. The number of nitrogens with zero attached hydrogens (tertiary/aromatic N) is 1. The first-order chi connectivity index (χ1) is 8.02. The van der Waals surface area contributed by atoms with Crippen molar-refractivity contribution in [3.8, 4) is 0 Å². The summed E-state index contributed by atoms with van der Waals surface area (Å²) in [6.45, 7) is 3.03. The summed E-state index contributed by atoms with van der Waals surface area (Å²) in [5.41, 5.74) is 0. The smallest absolute Gasteiger partial charge is 0.303 e. The maximum Gasteiger partial charge on any atom is 0.303 e. The van der Waals surface area contributed by atoms with Crippen LogP contribution < -0.4 is 0 Å². The summed E-state index contributed by atoms with van der Waals surface area (Å²) in [6, 6.07) is 3.90. The third-order valence-electron chi connectivity index (χ3n) is 2.26. The zero-order chi connectivity index (χ0) is 12.8. The molecule has 0 atom stereocenters. The number of carbonyl (C=O) groups is 2. The van der Waals surface area contributed by atoms with Crippen molar-refractivity contribution in [1.29, 1.82) is 0 Å². The van der Waals surface area contributed by atoms with E-state index in [2.05, 4.69) is 15.9 Å². The number of carbonyl (C=O) groups excluding carboxylic acids is 1. The molecule has 0 radical (unpaired) electrons. The first-order valence-electron chi connectivity index (χ1n) is 5.26. The molecule has 0 saturated carbocycles. The molecule has 1 aromatic heterocycles. The Morgan fingerprint density at radius 1 is 1.41 bits per heavy atom. The van der Waals surface area contributed by atoms with E-state index in [-0.39, 0.29) is 18.7 Å². The van der Waals surface area contributed by atoms with Gasteiger partial charge < -0.3 is 10.0 Å². The van der Waals surface area contributed by atoms with Gasteiger partial charge in [-0.25, -0.2) is 0 Å². The molecule has 1 amide bonds. The summed E-state index contributed by atoms with van der Waals surface area (Å²) < 4.78 is 1.03. The van der Waals surface area contributed by atoms with Crippen LogP contribution in [0.4, 0.5) is 0 Å². The zero-order valence-corrected chi connectivity index (χ0v) is 11.9. The van der Waals surface area contributed by atoms with E-state index in [1.54, 1.807) is 16.2 Å². The molecule has 0 spiro atoms. The highest BCUT2D eigenvalue weighted by atomic mass is 79.9. The van der Waals surface area contributed by atoms with Gasteiger partial charge >= 0.3 is 5.97 Å². The van der Waals surface area contributed by atoms with Crippen LogP contribution in [0.3, 0.4) is 0 Å². The van der Waals surface area contributed by atoms with Crippen molar-refractivity contribution in [3.63, 3.8) is 0 Å². The van der Waals surface area contributed by atoms with Crippen molar-refractivity contribution in [2.45, 2.75) is 26.3 Å². The second-order valence-electron chi connectivity index (χ2n) is 3.51. The average molecular weight is 320 g/mol. The molecule has 0 aliphatic rings. The molecule has 0 unspecified atom stereocenters. The van der Waals surface area contributed by atoms with Gasteiger partial charge in [0.05, 0.1) is 16.8 Å². The number of carboxylic acid groups (broad SMARTS) is 1. The number of amides is 1. The quantitative estimate of drug-likeness (QED) is 0.877. The molecular formula is C11H14BrNO3S. The minimum absolute atomic E-state index is 0.0652. The SMILES string of the molecule is CCN(Cc1ccc(Br)s1)C(=O)CCC(=O)O. The number of rotatable bonds is 6. The molecule has 0 aliphatic heterocycles. The maximum atomic E-state index is 11.7. The predicted octanol–water partition coefficient (Wildman–Crippen LogP) is 2.72. The fourth-order valence-electron chi connectivity index (χ4n) is 1.37. The van der Waals surface area contributed by atoms with Gasteiger partial charge in [-0.15, -0.1) is 11.3 Å². The first kappa shape index (κ1) is 14.2. The molecule has 1 aromatic rings. The van der Waals surface area contributed by atoms with E-state index >= 15 is 0 Å². The number of hydrogen-bond donors (Lipinski definition) is 1. The van der Waals surface area contributed by atoms with Gasteiger partial charge in [0.2, 0.25) is 5.91 Å². The second-order valence-corrected chi connectivity index (χ2v) is 6.06. The topological polar surface area (TPSA) is 57.6 Å². The van der Waals surface area contributed by atoms with E-state index in [4.69, 9.17) is 5.11 Å². The van der Waals surface area contributed by atoms with Gasteiger partial charge in [-0.2, -0.15) is 0 Å². The van der Waals surface area contributed by atoms with Crippen molar-refractivity contribution >= 4 is 39.1 Å². The van der Waals surface area contributed by atoms with Gasteiger partial charge in [-0.05, 0) is 35.0 Å². The van der Waals surface area contributed by atoms with Crippen LogP contribution in [0.5, 0.6) is 0 Å². The Labute approximate surface area is 112 Å². The third-order valence-corrected chi connectivity index (χ3v) is 3.87. The predicted molar refractivity (Wildman–Crippen MR) is 70.0 cm³/mol. The maximum absolute atomic E-state index is 11.7. The summed E-state index contributed by atoms with van der Waals surface area (Å²) in [5.74, 6) is -1.05. The molecule has 17 heavy (non-hydrogen) atoms. The van der Waals surface area contributed by atoms with E-state index in [0.717, 1.165) is 8.66 Å². The summed E-state index contributed by atoms with van der Waals surface area (Å²) in [6.07, 6.45) is -0.0425. The lowest BCUT2D eigenvalue weighted by Crippen LogP contribution is -2.30. The monoisotopic (exact) mass is 319 g/mol. The summed E-state index contributed by atoms with van der Waals surface area (Å²) >= 11 is 4.95. The van der Waals surface area contributed by atoms with E-state index in [1.165, 1.54) is 0 Å². The van der Waals surface area contributed by atoms with Crippen molar-refractivity contribution < 1.29 is 14.7 Å². The van der Waals surface area contributed by atoms with Crippen molar-refractivity contribution in [3.05, 3.63) is 20.8 Å². The molecule has 94 valence electrons. The molecule has 0 saturated heterocycles. The Morgan fingerprint density at radius 3 is 2.59 bits per heavy atom. The zero-order valence-electron chi connectivity index (χ0n) is 9.48. The highest BCUT2D eigenvalue weighted by Crippen LogP contribution is 2.23. The molecule has 0 aliphatic carbocycles. The van der Waals surface area contributed by atoms with Crippen LogP contribution >= 0.6 is 27.3 Å². The lowest BCUT2D eigenvalue weighted by molar-refractivity contribution is -0.141. The van der Waals surface area contributed by atoms with Gasteiger partial charge in [0.25, 0.3) is 0 Å². The number of halogens is 1. The van der Waals surface area contributed by atoms with E-state index < -0.39 is 5.97 Å². The van der Waals surface area contributed by atoms with Crippen LogP contribution in [-0.4, -0.2) is 28.4 Å². The Balaban J connectivity index is 2.53. The molecule has 0 bridgehead atoms. The van der Waals surface area contributed by atoms with Crippen LogP contribution in [0, 0.1) is 0 Å². The number of hydrogen-bond acceptors (Lipinski definition) is 3. The number of thiophene rings is 1.